The summed E-state index contributed by atoms with van der Waals surface area (Å²) in [6.45, 7) is 4.90. The van der Waals surface area contributed by atoms with E-state index in [2.05, 4.69) is 54.7 Å². The summed E-state index contributed by atoms with van der Waals surface area (Å²) in [5, 5.41) is 3.40. The van der Waals surface area contributed by atoms with Crippen LogP contribution in [0, 0.1) is 0 Å². The third kappa shape index (κ3) is 5.60. The molecule has 2 rings (SSSR count). The maximum atomic E-state index is 5.93. The van der Waals surface area contributed by atoms with Crippen LogP contribution in [0.3, 0.4) is 0 Å². The lowest BCUT2D eigenvalue weighted by molar-refractivity contribution is 0.311. The molecule has 0 fully saturated rings. The molecule has 2 aromatic carbocycles. The van der Waals surface area contributed by atoms with Crippen LogP contribution in [0.1, 0.15) is 30.9 Å². The zero-order valence-electron chi connectivity index (χ0n) is 12.8. The number of hydrogen-bond donors (Lipinski definition) is 1. The molecule has 0 aliphatic carbocycles. The maximum absolute atomic E-state index is 5.93. The number of unbranched alkanes of at least 4 members (excludes halogenated alkanes) is 1. The smallest absolute Gasteiger partial charge is 0.122 e. The summed E-state index contributed by atoms with van der Waals surface area (Å²) in [6, 6.07) is 18.8. The number of nitrogens with one attached hydrogen (secondary N) is 1. The van der Waals surface area contributed by atoms with E-state index in [0.717, 1.165) is 31.9 Å². The molecule has 0 amide bonds. The van der Waals surface area contributed by atoms with Crippen molar-refractivity contribution in [2.75, 3.05) is 19.7 Å². The maximum Gasteiger partial charge on any atom is 0.122 e. The molecule has 0 heterocycles. The van der Waals surface area contributed by atoms with E-state index >= 15 is 0 Å². The summed E-state index contributed by atoms with van der Waals surface area (Å²) in [4.78, 5) is 0. The van der Waals surface area contributed by atoms with Crippen molar-refractivity contribution in [3.05, 3.63) is 65.7 Å². The van der Waals surface area contributed by atoms with Crippen molar-refractivity contribution >= 4 is 0 Å². The average molecular weight is 283 g/mol. The monoisotopic (exact) mass is 283 g/mol. The van der Waals surface area contributed by atoms with E-state index in [0.29, 0.717) is 0 Å². The minimum absolute atomic E-state index is 0.718. The van der Waals surface area contributed by atoms with Gasteiger partial charge in [-0.15, -0.1) is 0 Å². The molecule has 0 aliphatic heterocycles. The molecule has 2 heteroatoms. The summed E-state index contributed by atoms with van der Waals surface area (Å²) in [5.41, 5.74) is 2.56. The molecule has 0 atom stereocenters. The predicted molar refractivity (Wildman–Crippen MR) is 89.0 cm³/mol. The average Bonchev–Trinajstić information content (AvgIpc) is 2.53. The van der Waals surface area contributed by atoms with Crippen LogP contribution < -0.4 is 10.1 Å². The van der Waals surface area contributed by atoms with E-state index in [-0.39, 0.29) is 0 Å². The van der Waals surface area contributed by atoms with E-state index in [4.69, 9.17) is 4.74 Å². The van der Waals surface area contributed by atoms with Crippen molar-refractivity contribution in [1.82, 2.24) is 5.32 Å². The molecule has 0 unspecified atom stereocenters. The molecule has 21 heavy (non-hydrogen) atoms. The van der Waals surface area contributed by atoms with Crippen LogP contribution in [0.25, 0.3) is 0 Å². The number of ether oxygens (including phenoxy) is 1. The Balaban J connectivity index is 1.85. The van der Waals surface area contributed by atoms with Gasteiger partial charge in [0.25, 0.3) is 0 Å². The lowest BCUT2D eigenvalue weighted by atomic mass is 10.0. The Labute approximate surface area is 128 Å². The van der Waals surface area contributed by atoms with Gasteiger partial charge in [-0.1, -0.05) is 61.9 Å². The van der Waals surface area contributed by atoms with Crippen LogP contribution in [0.5, 0.6) is 5.75 Å². The van der Waals surface area contributed by atoms with Crippen molar-refractivity contribution in [3.8, 4) is 5.75 Å². The first-order valence-corrected chi connectivity index (χ1v) is 7.85. The Morgan fingerprint density at radius 2 is 1.67 bits per heavy atom. The Morgan fingerprint density at radius 1 is 0.905 bits per heavy atom. The van der Waals surface area contributed by atoms with Gasteiger partial charge in [-0.2, -0.15) is 0 Å². The fourth-order valence-corrected chi connectivity index (χ4v) is 2.27. The number of hydrogen-bond acceptors (Lipinski definition) is 2. The van der Waals surface area contributed by atoms with Gasteiger partial charge in [-0.3, -0.25) is 0 Å². The zero-order chi connectivity index (χ0) is 14.8. The molecule has 0 spiro atoms. The van der Waals surface area contributed by atoms with E-state index < -0.39 is 0 Å². The number of para-hydroxylation sites is 1. The summed E-state index contributed by atoms with van der Waals surface area (Å²) < 4.78 is 5.93. The highest BCUT2D eigenvalue weighted by Crippen LogP contribution is 2.21. The fourth-order valence-electron chi connectivity index (χ4n) is 2.27. The van der Waals surface area contributed by atoms with Crippen molar-refractivity contribution < 1.29 is 4.74 Å². The lowest BCUT2D eigenvalue weighted by Crippen LogP contribution is -2.22. The molecule has 1 N–H and O–H groups in total. The molecule has 0 bridgehead atoms. The number of rotatable bonds is 9. The standard InChI is InChI=1S/C19H25NO/c1-2-3-13-20-14-15-21-19-12-8-7-11-18(19)16-17-9-5-4-6-10-17/h4-12,20H,2-3,13-16H2,1H3. The molecule has 2 nitrogen and oxygen atoms in total. The van der Waals surface area contributed by atoms with Crippen LogP contribution in [0.15, 0.2) is 54.6 Å². The SMILES string of the molecule is CCCCNCCOc1ccccc1Cc1ccccc1. The van der Waals surface area contributed by atoms with Crippen molar-refractivity contribution in [2.45, 2.75) is 26.2 Å². The Kier molecular flexibility index (Phi) is 6.82. The van der Waals surface area contributed by atoms with E-state index in [9.17, 15) is 0 Å². The third-order valence-corrected chi connectivity index (χ3v) is 3.45. The largest absolute Gasteiger partial charge is 0.492 e. The summed E-state index contributed by atoms with van der Waals surface area (Å²) in [6.07, 6.45) is 3.37. The molecule has 0 radical (unpaired) electrons. The van der Waals surface area contributed by atoms with Gasteiger partial charge in [0.15, 0.2) is 0 Å². The van der Waals surface area contributed by atoms with Gasteiger partial charge in [-0.25, -0.2) is 0 Å². The minimum Gasteiger partial charge on any atom is -0.492 e. The Morgan fingerprint density at radius 3 is 2.48 bits per heavy atom. The minimum atomic E-state index is 0.718. The highest BCUT2D eigenvalue weighted by atomic mass is 16.5. The first kappa shape index (κ1) is 15.6. The molecular weight excluding hydrogens is 258 g/mol. The second-order valence-corrected chi connectivity index (χ2v) is 5.22. The fraction of sp³-hybridized carbons (Fsp3) is 0.368. The normalized spacial score (nSPS) is 10.5. The quantitative estimate of drug-likeness (QED) is 0.701. The molecule has 0 aromatic heterocycles. The van der Waals surface area contributed by atoms with Crippen LogP contribution in [0.2, 0.25) is 0 Å². The van der Waals surface area contributed by atoms with Crippen LogP contribution in [-0.4, -0.2) is 19.7 Å². The van der Waals surface area contributed by atoms with Crippen molar-refractivity contribution in [2.24, 2.45) is 0 Å². The zero-order valence-corrected chi connectivity index (χ0v) is 12.8. The lowest BCUT2D eigenvalue weighted by Gasteiger charge is -2.12. The summed E-state index contributed by atoms with van der Waals surface area (Å²) in [7, 11) is 0. The van der Waals surface area contributed by atoms with Crippen LogP contribution in [0.4, 0.5) is 0 Å². The van der Waals surface area contributed by atoms with E-state index in [1.165, 1.54) is 24.0 Å². The first-order valence-electron chi connectivity index (χ1n) is 7.85. The first-order chi connectivity index (χ1) is 10.4. The molecule has 0 saturated carbocycles. The van der Waals surface area contributed by atoms with Gasteiger partial charge in [0, 0.05) is 13.0 Å². The highest BCUT2D eigenvalue weighted by molar-refractivity contribution is 5.37. The predicted octanol–water partition coefficient (Wildman–Crippen LogP) is 4.05. The Bertz CT molecular complexity index is 510. The third-order valence-electron chi connectivity index (χ3n) is 3.45. The van der Waals surface area contributed by atoms with E-state index in [1.807, 2.05) is 12.1 Å². The van der Waals surface area contributed by atoms with Crippen LogP contribution >= 0.6 is 0 Å². The van der Waals surface area contributed by atoms with Crippen molar-refractivity contribution in [1.29, 1.82) is 0 Å². The molecule has 0 aliphatic rings. The summed E-state index contributed by atoms with van der Waals surface area (Å²) >= 11 is 0. The molecule has 2 aromatic rings. The van der Waals surface area contributed by atoms with Gasteiger partial charge in [0.1, 0.15) is 12.4 Å². The Hall–Kier alpha value is -1.80. The highest BCUT2D eigenvalue weighted by Gasteiger charge is 2.03. The van der Waals surface area contributed by atoms with Crippen LogP contribution in [-0.2, 0) is 6.42 Å². The summed E-state index contributed by atoms with van der Waals surface area (Å²) in [5.74, 6) is 0.999. The van der Waals surface area contributed by atoms with Gasteiger partial charge in [0.2, 0.25) is 0 Å². The molecule has 112 valence electrons. The molecular formula is C19H25NO. The van der Waals surface area contributed by atoms with Gasteiger partial charge in [-0.05, 0) is 30.2 Å². The van der Waals surface area contributed by atoms with Gasteiger partial charge < -0.3 is 10.1 Å². The second-order valence-electron chi connectivity index (χ2n) is 5.22. The topological polar surface area (TPSA) is 21.3 Å². The number of benzene rings is 2. The van der Waals surface area contributed by atoms with E-state index in [1.54, 1.807) is 0 Å². The van der Waals surface area contributed by atoms with Crippen molar-refractivity contribution in [3.63, 3.8) is 0 Å². The van der Waals surface area contributed by atoms with Gasteiger partial charge >= 0.3 is 0 Å². The second kappa shape index (κ2) is 9.19. The van der Waals surface area contributed by atoms with Gasteiger partial charge in [0.05, 0.1) is 0 Å². The molecule has 0 saturated heterocycles.